The van der Waals surface area contributed by atoms with Crippen LogP contribution in [0.1, 0.15) is 26.3 Å². The molecule has 0 fully saturated rings. The van der Waals surface area contributed by atoms with E-state index in [1.807, 2.05) is 45.0 Å². The SMILES string of the molecule is CC(C)(C)OC(=O)NCCc1ccc(N)cc1.Cl. The minimum Gasteiger partial charge on any atom is -0.444 e. The smallest absolute Gasteiger partial charge is 0.407 e. The van der Waals surface area contributed by atoms with Gasteiger partial charge < -0.3 is 15.8 Å². The molecule has 1 amide bonds. The van der Waals surface area contributed by atoms with Crippen molar-refractivity contribution in [3.63, 3.8) is 0 Å². The average molecular weight is 273 g/mol. The zero-order chi connectivity index (χ0) is 12.9. The minimum absolute atomic E-state index is 0. The third kappa shape index (κ3) is 7.01. The minimum atomic E-state index is -0.453. The second-order valence-electron chi connectivity index (χ2n) is 4.92. The fraction of sp³-hybridized carbons (Fsp3) is 0.462. The van der Waals surface area contributed by atoms with Gasteiger partial charge in [0.1, 0.15) is 5.60 Å². The van der Waals surface area contributed by atoms with Crippen LogP contribution in [0, 0.1) is 0 Å². The van der Waals surface area contributed by atoms with Crippen LogP contribution in [-0.2, 0) is 11.2 Å². The molecule has 0 aliphatic carbocycles. The molecule has 0 radical (unpaired) electrons. The first-order valence-electron chi connectivity index (χ1n) is 5.68. The van der Waals surface area contributed by atoms with Gasteiger partial charge in [0, 0.05) is 12.2 Å². The molecular formula is C13H21ClN2O2. The Balaban J connectivity index is 0.00000289. The molecule has 1 rings (SSSR count). The molecule has 18 heavy (non-hydrogen) atoms. The number of anilines is 1. The molecule has 3 N–H and O–H groups in total. The van der Waals surface area contributed by atoms with E-state index in [0.29, 0.717) is 6.54 Å². The highest BCUT2D eigenvalue weighted by atomic mass is 35.5. The van der Waals surface area contributed by atoms with Crippen molar-refractivity contribution < 1.29 is 9.53 Å². The van der Waals surface area contributed by atoms with Gasteiger partial charge in [-0.2, -0.15) is 0 Å². The molecule has 0 heterocycles. The summed E-state index contributed by atoms with van der Waals surface area (Å²) < 4.78 is 5.12. The molecule has 5 heteroatoms. The number of ether oxygens (including phenoxy) is 1. The number of amides is 1. The Morgan fingerprint density at radius 2 is 1.83 bits per heavy atom. The van der Waals surface area contributed by atoms with E-state index in [2.05, 4.69) is 5.32 Å². The molecule has 102 valence electrons. The Hall–Kier alpha value is -1.42. The number of alkyl carbamates (subject to hydrolysis) is 1. The van der Waals surface area contributed by atoms with Crippen LogP contribution in [0.25, 0.3) is 0 Å². The van der Waals surface area contributed by atoms with Gasteiger partial charge in [0.05, 0.1) is 0 Å². The highest BCUT2D eigenvalue weighted by molar-refractivity contribution is 5.85. The van der Waals surface area contributed by atoms with Crippen LogP contribution < -0.4 is 11.1 Å². The summed E-state index contributed by atoms with van der Waals surface area (Å²) in [7, 11) is 0. The van der Waals surface area contributed by atoms with E-state index < -0.39 is 5.60 Å². The first-order chi connectivity index (χ1) is 7.87. The first-order valence-corrected chi connectivity index (χ1v) is 5.68. The Morgan fingerprint density at radius 1 is 1.28 bits per heavy atom. The predicted octanol–water partition coefficient (Wildman–Crippen LogP) is 2.76. The maximum absolute atomic E-state index is 11.3. The Labute approximate surface area is 114 Å². The third-order valence-electron chi connectivity index (χ3n) is 2.06. The molecule has 4 nitrogen and oxygen atoms in total. The maximum atomic E-state index is 11.3. The highest BCUT2D eigenvalue weighted by Crippen LogP contribution is 2.07. The second kappa shape index (κ2) is 7.11. The first kappa shape index (κ1) is 16.6. The van der Waals surface area contributed by atoms with Gasteiger partial charge in [0.15, 0.2) is 0 Å². The summed E-state index contributed by atoms with van der Waals surface area (Å²) in [4.78, 5) is 11.3. The third-order valence-corrected chi connectivity index (χ3v) is 2.06. The summed E-state index contributed by atoms with van der Waals surface area (Å²) in [6.07, 6.45) is 0.382. The molecule has 0 aliphatic rings. The Morgan fingerprint density at radius 3 is 2.33 bits per heavy atom. The van der Waals surface area contributed by atoms with Crippen LogP contribution in [0.3, 0.4) is 0 Å². The number of nitrogens with one attached hydrogen (secondary N) is 1. The van der Waals surface area contributed by atoms with E-state index in [4.69, 9.17) is 10.5 Å². The fourth-order valence-corrected chi connectivity index (χ4v) is 1.31. The monoisotopic (exact) mass is 272 g/mol. The lowest BCUT2D eigenvalue weighted by atomic mass is 10.1. The van der Waals surface area contributed by atoms with Crippen LogP contribution >= 0.6 is 12.4 Å². The average Bonchev–Trinajstić information content (AvgIpc) is 2.18. The number of benzene rings is 1. The quantitative estimate of drug-likeness (QED) is 0.832. The second-order valence-corrected chi connectivity index (χ2v) is 4.92. The number of nitrogen functional groups attached to an aromatic ring is 1. The van der Waals surface area contributed by atoms with E-state index in [1.165, 1.54) is 0 Å². The van der Waals surface area contributed by atoms with Crippen molar-refractivity contribution in [1.29, 1.82) is 0 Å². The van der Waals surface area contributed by atoms with Gasteiger partial charge in [0.25, 0.3) is 0 Å². The Bertz CT molecular complexity index is 372. The van der Waals surface area contributed by atoms with Gasteiger partial charge in [0.2, 0.25) is 0 Å². The van der Waals surface area contributed by atoms with Gasteiger partial charge in [-0.05, 0) is 44.9 Å². The molecule has 1 aromatic carbocycles. The summed E-state index contributed by atoms with van der Waals surface area (Å²) in [5.74, 6) is 0. The van der Waals surface area contributed by atoms with Crippen LogP contribution in [0.15, 0.2) is 24.3 Å². The van der Waals surface area contributed by atoms with Crippen molar-refractivity contribution in [2.24, 2.45) is 0 Å². The molecule has 0 saturated heterocycles. The number of rotatable bonds is 3. The predicted molar refractivity (Wildman–Crippen MR) is 76.0 cm³/mol. The van der Waals surface area contributed by atoms with Crippen LogP contribution in [-0.4, -0.2) is 18.2 Å². The molecule has 0 atom stereocenters. The molecule has 0 unspecified atom stereocenters. The molecule has 0 spiro atoms. The van der Waals surface area contributed by atoms with Crippen molar-refractivity contribution in [1.82, 2.24) is 5.32 Å². The molecular weight excluding hydrogens is 252 g/mol. The lowest BCUT2D eigenvalue weighted by Crippen LogP contribution is -2.33. The van der Waals surface area contributed by atoms with Gasteiger partial charge >= 0.3 is 6.09 Å². The van der Waals surface area contributed by atoms with Crippen LogP contribution in [0.4, 0.5) is 10.5 Å². The fourth-order valence-electron chi connectivity index (χ4n) is 1.31. The molecule has 0 saturated carbocycles. The lowest BCUT2D eigenvalue weighted by molar-refractivity contribution is 0.0528. The maximum Gasteiger partial charge on any atom is 0.407 e. The number of carbonyl (C=O) groups excluding carboxylic acids is 1. The van der Waals surface area contributed by atoms with Crippen molar-refractivity contribution in [3.05, 3.63) is 29.8 Å². The van der Waals surface area contributed by atoms with E-state index >= 15 is 0 Å². The lowest BCUT2D eigenvalue weighted by Gasteiger charge is -2.19. The summed E-state index contributed by atoms with van der Waals surface area (Å²) in [5.41, 5.74) is 7.01. The number of halogens is 1. The molecule has 0 aliphatic heterocycles. The number of hydrogen-bond donors (Lipinski definition) is 2. The van der Waals surface area contributed by atoms with Crippen LogP contribution in [0.5, 0.6) is 0 Å². The van der Waals surface area contributed by atoms with E-state index in [-0.39, 0.29) is 18.5 Å². The summed E-state index contributed by atoms with van der Waals surface area (Å²) in [6, 6.07) is 7.60. The largest absolute Gasteiger partial charge is 0.444 e. The van der Waals surface area contributed by atoms with E-state index in [1.54, 1.807) is 0 Å². The van der Waals surface area contributed by atoms with Crippen molar-refractivity contribution in [2.45, 2.75) is 32.8 Å². The Kier molecular flexibility index (Phi) is 6.55. The van der Waals surface area contributed by atoms with E-state index in [0.717, 1.165) is 17.7 Å². The van der Waals surface area contributed by atoms with Crippen molar-refractivity contribution >= 4 is 24.2 Å². The number of carbonyl (C=O) groups is 1. The van der Waals surface area contributed by atoms with Gasteiger partial charge in [-0.3, -0.25) is 0 Å². The zero-order valence-electron chi connectivity index (χ0n) is 11.0. The van der Waals surface area contributed by atoms with Gasteiger partial charge in [-0.1, -0.05) is 12.1 Å². The van der Waals surface area contributed by atoms with E-state index in [9.17, 15) is 4.79 Å². The van der Waals surface area contributed by atoms with Gasteiger partial charge in [-0.25, -0.2) is 4.79 Å². The number of nitrogens with two attached hydrogens (primary N) is 1. The summed E-state index contributed by atoms with van der Waals surface area (Å²) in [5, 5.41) is 2.71. The normalized spacial score (nSPS) is 10.4. The van der Waals surface area contributed by atoms with Crippen molar-refractivity contribution in [3.8, 4) is 0 Å². The topological polar surface area (TPSA) is 64.3 Å². The standard InChI is InChI=1S/C13H20N2O2.ClH/c1-13(2,3)17-12(16)15-9-8-10-4-6-11(14)7-5-10;/h4-7H,8-9,14H2,1-3H3,(H,15,16);1H. The summed E-state index contributed by atoms with van der Waals surface area (Å²) in [6.45, 7) is 6.07. The molecule has 0 aromatic heterocycles. The van der Waals surface area contributed by atoms with Crippen molar-refractivity contribution in [2.75, 3.05) is 12.3 Å². The van der Waals surface area contributed by atoms with Gasteiger partial charge in [-0.15, -0.1) is 12.4 Å². The van der Waals surface area contributed by atoms with Crippen LogP contribution in [0.2, 0.25) is 0 Å². The molecule has 1 aromatic rings. The zero-order valence-corrected chi connectivity index (χ0v) is 11.8. The summed E-state index contributed by atoms with van der Waals surface area (Å²) >= 11 is 0. The highest BCUT2D eigenvalue weighted by Gasteiger charge is 2.15. The number of hydrogen-bond acceptors (Lipinski definition) is 3. The molecule has 0 bridgehead atoms.